The second kappa shape index (κ2) is 10.5. The highest BCUT2D eigenvalue weighted by Gasteiger charge is 2.40. The SMILES string of the molecule is C=CC(=O)N1CC(C)N2c3nc(=O)n(-c4c(C)ccnc4C(C)C)c4cc(-c5c(C)ccc6[nH]ncc56)c(F)c(c34)OCC2C1. The summed E-state index contributed by atoms with van der Waals surface area (Å²) in [5.41, 5.74) is 4.70. The van der Waals surface area contributed by atoms with E-state index < -0.39 is 11.5 Å². The molecule has 45 heavy (non-hydrogen) atoms. The molecule has 1 amide bonds. The van der Waals surface area contributed by atoms with Crippen molar-refractivity contribution in [3.05, 3.63) is 82.4 Å². The predicted octanol–water partition coefficient (Wildman–Crippen LogP) is 5.19. The Labute approximate surface area is 259 Å². The van der Waals surface area contributed by atoms with Gasteiger partial charge in [-0.25, -0.2) is 9.18 Å². The van der Waals surface area contributed by atoms with Crippen LogP contribution in [0, 0.1) is 19.7 Å². The first-order valence-electron chi connectivity index (χ1n) is 15.1. The average Bonchev–Trinajstić information content (AvgIpc) is 3.42. The number of aromatic amines is 1. The fourth-order valence-corrected chi connectivity index (χ4v) is 6.99. The largest absolute Gasteiger partial charge is 0.487 e. The fourth-order valence-electron chi connectivity index (χ4n) is 6.99. The van der Waals surface area contributed by atoms with E-state index in [1.807, 2.05) is 57.7 Å². The Kier molecular flexibility index (Phi) is 6.72. The molecule has 2 aliphatic rings. The Balaban J connectivity index is 1.60. The second-order valence-corrected chi connectivity index (χ2v) is 12.3. The Morgan fingerprint density at radius 3 is 2.76 bits per heavy atom. The van der Waals surface area contributed by atoms with Gasteiger partial charge in [0.05, 0.1) is 40.0 Å². The molecule has 1 fully saturated rings. The summed E-state index contributed by atoms with van der Waals surface area (Å²) in [5, 5.41) is 8.35. The van der Waals surface area contributed by atoms with Crippen molar-refractivity contribution < 1.29 is 13.9 Å². The van der Waals surface area contributed by atoms with Gasteiger partial charge in [-0.05, 0) is 67.7 Å². The number of hydrogen-bond donors (Lipinski definition) is 1. The van der Waals surface area contributed by atoms with Crippen LogP contribution in [0.1, 0.15) is 43.5 Å². The normalized spacial score (nSPS) is 17.8. The first-order valence-corrected chi connectivity index (χ1v) is 15.1. The second-order valence-electron chi connectivity index (χ2n) is 12.3. The van der Waals surface area contributed by atoms with E-state index in [-0.39, 0.29) is 41.8 Å². The maximum absolute atomic E-state index is 17.1. The molecule has 10 nitrogen and oxygen atoms in total. The summed E-state index contributed by atoms with van der Waals surface area (Å²) in [6, 6.07) is 6.81. The van der Waals surface area contributed by atoms with Crippen LogP contribution in [-0.4, -0.2) is 67.3 Å². The number of H-pyrrole nitrogens is 1. The highest BCUT2D eigenvalue weighted by molar-refractivity contribution is 6.04. The summed E-state index contributed by atoms with van der Waals surface area (Å²) in [4.78, 5) is 40.0. The van der Waals surface area contributed by atoms with Gasteiger partial charge in [-0.1, -0.05) is 26.5 Å². The number of ether oxygens (including phenoxy) is 1. The number of piperazine rings is 1. The van der Waals surface area contributed by atoms with Gasteiger partial charge in [0, 0.05) is 36.3 Å². The van der Waals surface area contributed by atoms with Crippen molar-refractivity contribution in [3.63, 3.8) is 0 Å². The molecule has 0 aliphatic carbocycles. The molecule has 0 spiro atoms. The van der Waals surface area contributed by atoms with Crippen LogP contribution in [0.25, 0.3) is 38.6 Å². The highest BCUT2D eigenvalue weighted by atomic mass is 19.1. The third-order valence-corrected chi connectivity index (χ3v) is 9.02. The summed E-state index contributed by atoms with van der Waals surface area (Å²) in [6.07, 6.45) is 4.70. The van der Waals surface area contributed by atoms with Crippen molar-refractivity contribution in [1.82, 2.24) is 29.6 Å². The van der Waals surface area contributed by atoms with Crippen molar-refractivity contribution >= 4 is 33.5 Å². The molecule has 0 radical (unpaired) electrons. The number of benzene rings is 2. The molecule has 0 bridgehead atoms. The molecule has 7 rings (SSSR count). The van der Waals surface area contributed by atoms with Crippen LogP contribution in [0.4, 0.5) is 10.2 Å². The topological polar surface area (TPSA) is 109 Å². The number of anilines is 1. The van der Waals surface area contributed by atoms with Crippen LogP contribution >= 0.6 is 0 Å². The van der Waals surface area contributed by atoms with Gasteiger partial charge in [0.2, 0.25) is 5.91 Å². The molecule has 2 unspecified atom stereocenters. The van der Waals surface area contributed by atoms with Crippen molar-refractivity contribution in [3.8, 4) is 22.6 Å². The van der Waals surface area contributed by atoms with Crippen LogP contribution in [0.3, 0.4) is 0 Å². The number of pyridine rings is 1. The molecule has 230 valence electrons. The van der Waals surface area contributed by atoms with E-state index >= 15 is 4.39 Å². The zero-order chi connectivity index (χ0) is 31.7. The van der Waals surface area contributed by atoms with E-state index in [2.05, 4.69) is 26.7 Å². The first kappa shape index (κ1) is 28.7. The number of nitrogens with one attached hydrogen (secondary N) is 1. The lowest BCUT2D eigenvalue weighted by atomic mass is 9.94. The molecule has 0 saturated carbocycles. The lowest BCUT2D eigenvalue weighted by Gasteiger charge is -2.45. The van der Waals surface area contributed by atoms with E-state index in [1.165, 1.54) is 6.08 Å². The summed E-state index contributed by atoms with van der Waals surface area (Å²) in [6.45, 7) is 14.3. The van der Waals surface area contributed by atoms with E-state index in [0.717, 1.165) is 27.7 Å². The molecule has 3 aromatic heterocycles. The van der Waals surface area contributed by atoms with E-state index in [4.69, 9.17) is 4.74 Å². The van der Waals surface area contributed by atoms with Gasteiger partial charge in [0.25, 0.3) is 0 Å². The molecule has 5 heterocycles. The molecule has 2 aromatic carbocycles. The smallest absolute Gasteiger partial charge is 0.354 e. The number of carbonyl (C=O) groups excluding carboxylic acids is 1. The number of halogens is 1. The predicted molar refractivity (Wildman–Crippen MR) is 172 cm³/mol. The molecular formula is C34H34FN7O3. The Bertz CT molecular complexity index is 2100. The van der Waals surface area contributed by atoms with Crippen LogP contribution in [0.15, 0.2) is 54.1 Å². The number of nitrogens with zero attached hydrogens (tertiary/aromatic N) is 6. The van der Waals surface area contributed by atoms with E-state index in [1.54, 1.807) is 27.9 Å². The lowest BCUT2D eigenvalue weighted by Crippen LogP contribution is -2.61. The Hall–Kier alpha value is -5.06. The van der Waals surface area contributed by atoms with Crippen LogP contribution in [0.2, 0.25) is 0 Å². The third kappa shape index (κ3) is 4.32. The molecule has 1 saturated heterocycles. The lowest BCUT2D eigenvalue weighted by molar-refractivity contribution is -0.127. The van der Waals surface area contributed by atoms with Gasteiger partial charge in [-0.3, -0.25) is 19.4 Å². The summed E-state index contributed by atoms with van der Waals surface area (Å²) < 4.78 is 25.0. The standard InChI is InChI=1S/C34H34FN7O3/c1-7-26(43)40-14-20(6)41-21(15-40)16-45-32-28-25(12-22(29(32)35)27-18(4)8-9-24-23(27)13-37-39-24)42(34(44)38-33(28)41)31-19(5)10-11-36-30(31)17(2)3/h7-13,17,20-21H,1,14-16H2,2-6H3,(H,37,39). The van der Waals surface area contributed by atoms with Gasteiger partial charge in [-0.15, -0.1) is 0 Å². The van der Waals surface area contributed by atoms with Gasteiger partial charge < -0.3 is 14.5 Å². The van der Waals surface area contributed by atoms with Gasteiger partial charge in [0.15, 0.2) is 11.6 Å². The molecule has 1 N–H and O–H groups in total. The van der Waals surface area contributed by atoms with Crippen molar-refractivity contribution in [1.29, 1.82) is 0 Å². The minimum absolute atomic E-state index is 0.00495. The minimum Gasteiger partial charge on any atom is -0.487 e. The number of fused-ring (bicyclic) bond motifs is 3. The zero-order valence-corrected chi connectivity index (χ0v) is 25.9. The summed E-state index contributed by atoms with van der Waals surface area (Å²) >= 11 is 0. The van der Waals surface area contributed by atoms with Crippen molar-refractivity contribution in [2.45, 2.75) is 52.6 Å². The number of aryl methyl sites for hydroxylation is 2. The maximum Gasteiger partial charge on any atom is 0.354 e. The van der Waals surface area contributed by atoms with Crippen molar-refractivity contribution in [2.75, 3.05) is 24.6 Å². The third-order valence-electron chi connectivity index (χ3n) is 9.02. The molecular weight excluding hydrogens is 573 g/mol. The highest BCUT2D eigenvalue weighted by Crippen LogP contribution is 2.46. The number of rotatable bonds is 4. The molecule has 11 heteroatoms. The van der Waals surface area contributed by atoms with Crippen LogP contribution < -0.4 is 15.3 Å². The molecule has 5 aromatic rings. The van der Waals surface area contributed by atoms with E-state index in [0.29, 0.717) is 41.1 Å². The Morgan fingerprint density at radius 2 is 2.00 bits per heavy atom. The fraction of sp³-hybridized carbons (Fsp3) is 0.324. The first-order chi connectivity index (χ1) is 21.6. The van der Waals surface area contributed by atoms with Gasteiger partial charge in [0.1, 0.15) is 12.4 Å². The number of aromatic nitrogens is 5. The number of carbonyl (C=O) groups is 1. The summed E-state index contributed by atoms with van der Waals surface area (Å²) in [7, 11) is 0. The zero-order valence-electron chi connectivity index (χ0n) is 25.9. The monoisotopic (exact) mass is 607 g/mol. The van der Waals surface area contributed by atoms with Crippen LogP contribution in [-0.2, 0) is 4.79 Å². The summed E-state index contributed by atoms with van der Waals surface area (Å²) in [5.74, 6) is -0.379. The van der Waals surface area contributed by atoms with Gasteiger partial charge in [-0.2, -0.15) is 10.1 Å². The van der Waals surface area contributed by atoms with Gasteiger partial charge >= 0.3 is 5.69 Å². The minimum atomic E-state index is -0.550. The number of hydrogen-bond acceptors (Lipinski definition) is 7. The van der Waals surface area contributed by atoms with Crippen molar-refractivity contribution in [2.24, 2.45) is 0 Å². The maximum atomic E-state index is 17.1. The Morgan fingerprint density at radius 1 is 1.20 bits per heavy atom. The molecule has 2 aliphatic heterocycles. The molecule has 2 atom stereocenters. The van der Waals surface area contributed by atoms with Crippen LogP contribution in [0.5, 0.6) is 5.75 Å². The van der Waals surface area contributed by atoms with E-state index in [9.17, 15) is 9.59 Å². The average molecular weight is 608 g/mol. The number of amides is 1. The quantitative estimate of drug-likeness (QED) is 0.280.